The Morgan fingerprint density at radius 2 is 1.80 bits per heavy atom. The Hall–Kier alpha value is -0.790. The molecule has 0 fully saturated rings. The van der Waals surface area contributed by atoms with E-state index in [4.69, 9.17) is 11.6 Å². The molecule has 1 aromatic carbocycles. The molecule has 1 rings (SSSR count). The number of nitrogens with one attached hydrogen (secondary N) is 1. The van der Waals surface area contributed by atoms with E-state index in [2.05, 4.69) is 4.72 Å². The van der Waals surface area contributed by atoms with Gasteiger partial charge in [0.2, 0.25) is 10.0 Å². The summed E-state index contributed by atoms with van der Waals surface area (Å²) in [7, 11) is -4.08. The Labute approximate surface area is 121 Å². The van der Waals surface area contributed by atoms with Gasteiger partial charge in [0.15, 0.2) is 0 Å². The fraction of sp³-hybridized carbons (Fsp3) is 0.500. The molecule has 8 heteroatoms. The quantitative estimate of drug-likeness (QED) is 0.861. The number of rotatable bonds is 4. The van der Waals surface area contributed by atoms with Crippen molar-refractivity contribution in [2.45, 2.75) is 42.8 Å². The predicted molar refractivity (Wildman–Crippen MR) is 71.2 cm³/mol. The monoisotopic (exact) mass is 329 g/mol. The van der Waals surface area contributed by atoms with Gasteiger partial charge >= 0.3 is 6.18 Å². The Bertz CT molecular complexity index is 583. The highest BCUT2D eigenvalue weighted by atomic mass is 35.5. The second kappa shape index (κ2) is 5.54. The Morgan fingerprint density at radius 1 is 1.25 bits per heavy atom. The first-order valence-electron chi connectivity index (χ1n) is 5.71. The molecule has 0 aliphatic carbocycles. The first-order chi connectivity index (χ1) is 8.86. The van der Waals surface area contributed by atoms with Crippen molar-refractivity contribution in [2.75, 3.05) is 0 Å². The van der Waals surface area contributed by atoms with E-state index in [9.17, 15) is 21.6 Å². The number of alkyl halides is 4. The van der Waals surface area contributed by atoms with Gasteiger partial charge in [-0.2, -0.15) is 13.2 Å². The molecule has 0 spiro atoms. The summed E-state index contributed by atoms with van der Waals surface area (Å²) in [5.74, 6) is 0. The standard InChI is InChI=1S/C12H15ClF3NO2S/c1-8(13)11(2,3)17-20(18,19)10-6-4-5-9(7-10)12(14,15)16/h4-8,17H,1-3H3. The maximum absolute atomic E-state index is 12.6. The molecule has 1 N–H and O–H groups in total. The molecule has 20 heavy (non-hydrogen) atoms. The number of hydrogen-bond acceptors (Lipinski definition) is 2. The summed E-state index contributed by atoms with van der Waals surface area (Å²) in [4.78, 5) is -0.447. The molecule has 0 aromatic heterocycles. The highest BCUT2D eigenvalue weighted by Crippen LogP contribution is 2.30. The van der Waals surface area contributed by atoms with Crippen molar-refractivity contribution >= 4 is 21.6 Å². The Kier molecular flexibility index (Phi) is 4.78. The third-order valence-electron chi connectivity index (χ3n) is 2.86. The van der Waals surface area contributed by atoms with Crippen LogP contribution < -0.4 is 4.72 Å². The summed E-state index contributed by atoms with van der Waals surface area (Å²) in [6.45, 7) is 4.70. The summed E-state index contributed by atoms with van der Waals surface area (Å²) in [5, 5.41) is -0.539. The fourth-order valence-electron chi connectivity index (χ4n) is 1.33. The van der Waals surface area contributed by atoms with Gasteiger partial charge in [-0.3, -0.25) is 0 Å². The normalized spacial score (nSPS) is 15.2. The lowest BCUT2D eigenvalue weighted by molar-refractivity contribution is -0.137. The SMILES string of the molecule is CC(Cl)C(C)(C)NS(=O)(=O)c1cccc(C(F)(F)F)c1. The van der Waals surface area contributed by atoms with Gasteiger partial charge in [0.1, 0.15) is 0 Å². The Balaban J connectivity index is 3.18. The first kappa shape index (κ1) is 17.3. The average Bonchev–Trinajstić information content (AvgIpc) is 2.26. The van der Waals surface area contributed by atoms with Crippen LogP contribution in [0.2, 0.25) is 0 Å². The molecule has 0 radical (unpaired) electrons. The molecule has 114 valence electrons. The lowest BCUT2D eigenvalue weighted by Crippen LogP contribution is -2.48. The van der Waals surface area contributed by atoms with Gasteiger partial charge in [-0.25, -0.2) is 13.1 Å². The topological polar surface area (TPSA) is 46.2 Å². The Morgan fingerprint density at radius 3 is 2.25 bits per heavy atom. The van der Waals surface area contributed by atoms with Gasteiger partial charge in [0.05, 0.1) is 10.5 Å². The first-order valence-corrected chi connectivity index (χ1v) is 7.63. The van der Waals surface area contributed by atoms with E-state index in [0.29, 0.717) is 6.07 Å². The van der Waals surface area contributed by atoms with Gasteiger partial charge in [-0.05, 0) is 39.0 Å². The van der Waals surface area contributed by atoms with Crippen molar-refractivity contribution in [1.82, 2.24) is 4.72 Å². The lowest BCUT2D eigenvalue weighted by atomic mass is 10.0. The highest BCUT2D eigenvalue weighted by molar-refractivity contribution is 7.89. The van der Waals surface area contributed by atoms with Crippen molar-refractivity contribution in [3.63, 3.8) is 0 Å². The molecule has 3 nitrogen and oxygen atoms in total. The summed E-state index contributed by atoms with van der Waals surface area (Å²) in [6, 6.07) is 3.56. The summed E-state index contributed by atoms with van der Waals surface area (Å²) in [5.41, 5.74) is -2.01. The van der Waals surface area contributed by atoms with Gasteiger partial charge in [-0.1, -0.05) is 6.07 Å². The van der Waals surface area contributed by atoms with Crippen molar-refractivity contribution in [1.29, 1.82) is 0 Å². The van der Waals surface area contributed by atoms with E-state index in [0.717, 1.165) is 18.2 Å². The van der Waals surface area contributed by atoms with E-state index in [1.165, 1.54) is 0 Å². The van der Waals surface area contributed by atoms with Crippen molar-refractivity contribution in [3.05, 3.63) is 29.8 Å². The molecule has 0 aliphatic heterocycles. The van der Waals surface area contributed by atoms with E-state index in [-0.39, 0.29) is 0 Å². The smallest absolute Gasteiger partial charge is 0.207 e. The molecule has 1 unspecified atom stereocenters. The predicted octanol–water partition coefficient (Wildman–Crippen LogP) is 3.39. The third-order valence-corrected chi connectivity index (χ3v) is 5.08. The molecule has 0 amide bonds. The van der Waals surface area contributed by atoms with Crippen LogP contribution in [0.4, 0.5) is 13.2 Å². The molecule has 0 bridgehead atoms. The molecule has 1 atom stereocenters. The van der Waals surface area contributed by atoms with Crippen LogP contribution in [0.1, 0.15) is 26.3 Å². The summed E-state index contributed by atoms with van der Waals surface area (Å²) in [6.07, 6.45) is -4.60. The number of hydrogen-bond donors (Lipinski definition) is 1. The maximum atomic E-state index is 12.6. The number of sulfonamides is 1. The molecule has 1 aromatic rings. The summed E-state index contributed by atoms with van der Waals surface area (Å²) >= 11 is 5.86. The molecule has 0 heterocycles. The van der Waals surface area contributed by atoms with Gasteiger partial charge in [0.25, 0.3) is 0 Å². The van der Waals surface area contributed by atoms with Crippen LogP contribution in [0, 0.1) is 0 Å². The van der Waals surface area contributed by atoms with Crippen LogP contribution in [0.5, 0.6) is 0 Å². The lowest BCUT2D eigenvalue weighted by Gasteiger charge is -2.28. The molecular weight excluding hydrogens is 315 g/mol. The van der Waals surface area contributed by atoms with Crippen LogP contribution in [-0.4, -0.2) is 19.3 Å². The fourth-order valence-corrected chi connectivity index (χ4v) is 2.97. The molecule has 0 aliphatic rings. The van der Waals surface area contributed by atoms with Gasteiger partial charge in [0, 0.05) is 10.9 Å². The molecule has 0 saturated carbocycles. The largest absolute Gasteiger partial charge is 0.416 e. The molecular formula is C12H15ClF3NO2S. The minimum Gasteiger partial charge on any atom is -0.207 e. The van der Waals surface area contributed by atoms with Crippen molar-refractivity contribution in [3.8, 4) is 0 Å². The zero-order valence-electron chi connectivity index (χ0n) is 11.1. The van der Waals surface area contributed by atoms with Crippen LogP contribution in [-0.2, 0) is 16.2 Å². The second-order valence-corrected chi connectivity index (χ2v) is 7.31. The maximum Gasteiger partial charge on any atom is 0.416 e. The van der Waals surface area contributed by atoms with Crippen LogP contribution in [0.3, 0.4) is 0 Å². The van der Waals surface area contributed by atoms with Gasteiger partial charge in [-0.15, -0.1) is 11.6 Å². The summed E-state index contributed by atoms with van der Waals surface area (Å²) < 4.78 is 64.2. The molecule has 0 saturated heterocycles. The van der Waals surface area contributed by atoms with Gasteiger partial charge < -0.3 is 0 Å². The van der Waals surface area contributed by atoms with E-state index in [1.54, 1.807) is 20.8 Å². The van der Waals surface area contributed by atoms with Crippen LogP contribution >= 0.6 is 11.6 Å². The average molecular weight is 330 g/mol. The second-order valence-electron chi connectivity index (χ2n) is 4.97. The van der Waals surface area contributed by atoms with E-state index >= 15 is 0 Å². The highest BCUT2D eigenvalue weighted by Gasteiger charge is 2.34. The van der Waals surface area contributed by atoms with Crippen LogP contribution in [0.25, 0.3) is 0 Å². The van der Waals surface area contributed by atoms with E-state index in [1.807, 2.05) is 0 Å². The minimum absolute atomic E-state index is 0.447. The van der Waals surface area contributed by atoms with E-state index < -0.39 is 37.6 Å². The minimum atomic E-state index is -4.60. The van der Waals surface area contributed by atoms with Crippen molar-refractivity contribution < 1.29 is 21.6 Å². The zero-order valence-corrected chi connectivity index (χ0v) is 12.7. The zero-order chi connectivity index (χ0) is 15.8. The van der Waals surface area contributed by atoms with Crippen molar-refractivity contribution in [2.24, 2.45) is 0 Å². The number of halogens is 4. The van der Waals surface area contributed by atoms with Crippen LogP contribution in [0.15, 0.2) is 29.2 Å². The number of benzene rings is 1. The third kappa shape index (κ3) is 4.10.